The van der Waals surface area contributed by atoms with Gasteiger partial charge in [-0.15, -0.1) is 10.2 Å². The van der Waals surface area contributed by atoms with E-state index in [-0.39, 0.29) is 45.3 Å². The van der Waals surface area contributed by atoms with Gasteiger partial charge in [0, 0.05) is 36.4 Å². The predicted octanol–water partition coefficient (Wildman–Crippen LogP) is 1.74. The standard InChI is InChI=1S/C28H25ClF6N10O5/c29-15-3-1-14(2-4-15)23-41-43(27(50)44(23)22(32)20(47)21(30)31)12-18-39-24(26(49)42-10-9-37-19(46)13-42)45(40-18)17-11-36-7-5-16(17)25(48)38-8-6-28(33,34)35/h1-5,7,11,20-22,47H,6,8-10,12-13H2,(H,37,46)(H,38,48)/t20-,22?/m1/s1. The van der Waals surface area contributed by atoms with Crippen molar-refractivity contribution in [2.75, 3.05) is 26.2 Å². The van der Waals surface area contributed by atoms with E-state index in [0.29, 0.717) is 4.68 Å². The maximum absolute atomic E-state index is 15.3. The fraction of sp³-hybridized carbons (Fsp3) is 0.357. The number of hydrogen-bond acceptors (Lipinski definition) is 9. The van der Waals surface area contributed by atoms with Gasteiger partial charge in [0.2, 0.25) is 18.0 Å². The molecule has 4 heterocycles. The Morgan fingerprint density at radius 2 is 1.80 bits per heavy atom. The third-order valence-electron chi connectivity index (χ3n) is 7.19. The smallest absolute Gasteiger partial charge is 0.382 e. The van der Waals surface area contributed by atoms with E-state index in [1.54, 1.807) is 0 Å². The van der Waals surface area contributed by atoms with Crippen molar-refractivity contribution in [2.24, 2.45) is 0 Å². The Balaban J connectivity index is 1.59. The average Bonchev–Trinajstić information content (AvgIpc) is 3.64. The number of hydrogen-bond donors (Lipinski definition) is 3. The Morgan fingerprint density at radius 3 is 2.46 bits per heavy atom. The molecule has 3 amide bonds. The lowest BCUT2D eigenvalue weighted by atomic mass is 10.2. The van der Waals surface area contributed by atoms with Crippen LogP contribution in [0.2, 0.25) is 5.02 Å². The number of piperazine rings is 1. The topological polar surface area (TPSA) is 182 Å². The summed E-state index contributed by atoms with van der Waals surface area (Å²) in [6.07, 6.45) is -13.2. The quantitative estimate of drug-likeness (QED) is 0.194. The third-order valence-corrected chi connectivity index (χ3v) is 7.44. The van der Waals surface area contributed by atoms with Gasteiger partial charge in [0.15, 0.2) is 17.8 Å². The largest absolute Gasteiger partial charge is 0.390 e. The molecule has 22 heteroatoms. The minimum absolute atomic E-state index is 0.0310. The van der Waals surface area contributed by atoms with Crippen LogP contribution in [0.5, 0.6) is 0 Å². The number of nitrogens with zero attached hydrogens (tertiary/aromatic N) is 8. The van der Waals surface area contributed by atoms with Gasteiger partial charge >= 0.3 is 11.9 Å². The Hall–Kier alpha value is -5.31. The summed E-state index contributed by atoms with van der Waals surface area (Å²) in [6.45, 7) is -1.79. The number of aliphatic hydroxyl groups is 1. The molecule has 0 aliphatic carbocycles. The van der Waals surface area contributed by atoms with Crippen LogP contribution < -0.4 is 16.3 Å². The van der Waals surface area contributed by atoms with Crippen LogP contribution in [0, 0.1) is 0 Å². The molecule has 4 aromatic rings. The first-order chi connectivity index (χ1) is 23.6. The highest BCUT2D eigenvalue weighted by atomic mass is 35.5. The van der Waals surface area contributed by atoms with Crippen molar-refractivity contribution in [1.82, 2.24) is 49.6 Å². The lowest BCUT2D eigenvalue weighted by Crippen LogP contribution is -2.50. The van der Waals surface area contributed by atoms with Crippen molar-refractivity contribution in [1.29, 1.82) is 0 Å². The first-order valence-electron chi connectivity index (χ1n) is 14.5. The first-order valence-corrected chi connectivity index (χ1v) is 14.9. The van der Waals surface area contributed by atoms with Gasteiger partial charge in [-0.3, -0.25) is 19.4 Å². The fourth-order valence-electron chi connectivity index (χ4n) is 4.79. The maximum atomic E-state index is 15.3. The normalized spacial score (nSPS) is 14.8. The zero-order valence-electron chi connectivity index (χ0n) is 25.3. The van der Waals surface area contributed by atoms with E-state index in [1.807, 2.05) is 0 Å². The maximum Gasteiger partial charge on any atom is 0.390 e. The number of carbonyl (C=O) groups is 3. The number of carbonyl (C=O) groups excluding carboxylic acids is 3. The molecule has 0 radical (unpaired) electrons. The Kier molecular flexibility index (Phi) is 10.6. The number of halogens is 7. The molecule has 5 rings (SSSR count). The predicted molar refractivity (Wildman–Crippen MR) is 159 cm³/mol. The van der Waals surface area contributed by atoms with Crippen LogP contribution >= 0.6 is 11.6 Å². The van der Waals surface area contributed by atoms with E-state index in [4.69, 9.17) is 11.6 Å². The minimum Gasteiger partial charge on any atom is -0.382 e. The molecule has 1 aliphatic rings. The fourth-order valence-corrected chi connectivity index (χ4v) is 4.92. The molecular weight excluding hydrogens is 706 g/mol. The molecule has 50 heavy (non-hydrogen) atoms. The molecule has 1 unspecified atom stereocenters. The number of benzene rings is 1. The van der Waals surface area contributed by atoms with Crippen molar-refractivity contribution in [3.8, 4) is 17.1 Å². The molecule has 1 saturated heterocycles. The third kappa shape index (κ3) is 7.94. The van der Waals surface area contributed by atoms with E-state index in [9.17, 15) is 46.2 Å². The van der Waals surface area contributed by atoms with Gasteiger partial charge in [0.05, 0.1) is 23.9 Å². The lowest BCUT2D eigenvalue weighted by Gasteiger charge is -2.26. The zero-order valence-corrected chi connectivity index (χ0v) is 26.1. The van der Waals surface area contributed by atoms with Crippen molar-refractivity contribution < 1.29 is 45.8 Å². The summed E-state index contributed by atoms with van der Waals surface area (Å²) in [4.78, 5) is 61.3. The summed E-state index contributed by atoms with van der Waals surface area (Å²) in [5.41, 5.74) is -1.80. The molecule has 2 atom stereocenters. The van der Waals surface area contributed by atoms with E-state index < -0.39 is 86.1 Å². The van der Waals surface area contributed by atoms with Crippen LogP contribution in [-0.2, 0) is 11.3 Å². The molecule has 1 aliphatic heterocycles. The second kappa shape index (κ2) is 14.7. The van der Waals surface area contributed by atoms with Crippen molar-refractivity contribution in [3.63, 3.8) is 0 Å². The van der Waals surface area contributed by atoms with E-state index >= 15 is 4.39 Å². The van der Waals surface area contributed by atoms with Crippen LogP contribution in [0.15, 0.2) is 47.5 Å². The summed E-state index contributed by atoms with van der Waals surface area (Å²) >= 11 is 5.91. The zero-order chi connectivity index (χ0) is 36.3. The summed E-state index contributed by atoms with van der Waals surface area (Å²) in [7, 11) is 0. The highest BCUT2D eigenvalue weighted by Crippen LogP contribution is 2.26. The average molecular weight is 731 g/mol. The Labute approximate surface area is 281 Å². The first kappa shape index (κ1) is 36.0. The second-order valence-electron chi connectivity index (χ2n) is 10.7. The van der Waals surface area contributed by atoms with E-state index in [1.165, 1.54) is 24.3 Å². The second-order valence-corrected chi connectivity index (χ2v) is 11.1. The summed E-state index contributed by atoms with van der Waals surface area (Å²) in [6, 6.07) is 6.48. The molecule has 15 nitrogen and oxygen atoms in total. The number of aromatic nitrogens is 7. The summed E-state index contributed by atoms with van der Waals surface area (Å²) in [5.74, 6) is -3.75. The van der Waals surface area contributed by atoms with Crippen molar-refractivity contribution in [3.05, 3.63) is 75.4 Å². The number of aliphatic hydroxyl groups excluding tert-OH is 1. The number of amides is 3. The lowest BCUT2D eigenvalue weighted by molar-refractivity contribution is -0.133. The van der Waals surface area contributed by atoms with Crippen LogP contribution in [0.25, 0.3) is 17.1 Å². The SMILES string of the molecule is O=C1CN(C(=O)c2nc(Cn3nc(-c4ccc(Cl)cc4)n(C(F)[C@H](O)C(F)F)c3=O)nn2-c2cnccc2C(=O)NCCC(F)(F)F)CCN1. The highest BCUT2D eigenvalue weighted by molar-refractivity contribution is 6.30. The van der Waals surface area contributed by atoms with Gasteiger partial charge in [-0.1, -0.05) is 11.6 Å². The molecule has 1 aromatic carbocycles. The molecule has 3 aromatic heterocycles. The van der Waals surface area contributed by atoms with Gasteiger partial charge < -0.3 is 20.6 Å². The Morgan fingerprint density at radius 1 is 1.08 bits per heavy atom. The molecule has 3 N–H and O–H groups in total. The molecular formula is C28H25ClF6N10O5. The number of alkyl halides is 6. The molecule has 0 spiro atoms. The Bertz CT molecular complexity index is 1950. The van der Waals surface area contributed by atoms with Crippen molar-refractivity contribution >= 4 is 29.3 Å². The molecule has 266 valence electrons. The van der Waals surface area contributed by atoms with Gasteiger partial charge in [-0.2, -0.15) is 13.2 Å². The van der Waals surface area contributed by atoms with Crippen LogP contribution in [0.3, 0.4) is 0 Å². The number of pyridine rings is 1. The summed E-state index contributed by atoms with van der Waals surface area (Å²) < 4.78 is 81.6. The van der Waals surface area contributed by atoms with Gasteiger partial charge in [-0.05, 0) is 30.3 Å². The van der Waals surface area contributed by atoms with Crippen LogP contribution in [0.4, 0.5) is 26.3 Å². The highest BCUT2D eigenvalue weighted by Gasteiger charge is 2.35. The van der Waals surface area contributed by atoms with Crippen molar-refractivity contribution in [2.45, 2.75) is 38.0 Å². The molecule has 0 saturated carbocycles. The monoisotopic (exact) mass is 730 g/mol. The van der Waals surface area contributed by atoms with Gasteiger partial charge in [-0.25, -0.2) is 36.9 Å². The van der Waals surface area contributed by atoms with Gasteiger partial charge in [0.1, 0.15) is 13.1 Å². The van der Waals surface area contributed by atoms with E-state index in [2.05, 4.69) is 30.8 Å². The number of nitrogens with one attached hydrogen (secondary N) is 2. The minimum atomic E-state index is -4.56. The van der Waals surface area contributed by atoms with Crippen LogP contribution in [-0.4, -0.2) is 107 Å². The molecule has 0 bridgehead atoms. The van der Waals surface area contributed by atoms with E-state index in [0.717, 1.165) is 28.0 Å². The van der Waals surface area contributed by atoms with Crippen LogP contribution in [0.1, 0.15) is 39.5 Å². The summed E-state index contributed by atoms with van der Waals surface area (Å²) in [5, 5.41) is 23.0. The molecule has 1 fully saturated rings. The number of rotatable bonds is 11. The van der Waals surface area contributed by atoms with Gasteiger partial charge in [0.25, 0.3) is 18.2 Å².